The highest BCUT2D eigenvalue weighted by molar-refractivity contribution is 5.90. The van der Waals surface area contributed by atoms with E-state index in [0.717, 1.165) is 44.9 Å². The van der Waals surface area contributed by atoms with E-state index >= 15 is 0 Å². The van der Waals surface area contributed by atoms with E-state index in [2.05, 4.69) is 31.2 Å². The van der Waals surface area contributed by atoms with Crippen LogP contribution in [0.2, 0.25) is 0 Å². The van der Waals surface area contributed by atoms with Gasteiger partial charge in [-0.1, -0.05) is 68.0 Å². The molecule has 0 saturated heterocycles. The molecular weight excluding hydrogens is 312 g/mol. The normalized spacial score (nSPS) is 12.5. The number of rotatable bonds is 15. The first-order valence-electron chi connectivity index (χ1n) is 9.19. The Morgan fingerprint density at radius 2 is 1.52 bits per heavy atom. The minimum atomic E-state index is -0.717. The maximum absolute atomic E-state index is 11.6. The molecule has 138 valence electrons. The number of carbonyl (C=O) groups excluding carboxylic acids is 1. The van der Waals surface area contributed by atoms with Crippen molar-refractivity contribution in [1.29, 1.82) is 0 Å². The molecule has 0 aromatic rings. The molecule has 0 aliphatic heterocycles. The van der Waals surface area contributed by atoms with E-state index in [1.807, 2.05) is 24.3 Å². The van der Waals surface area contributed by atoms with Crippen LogP contribution < -0.4 is 0 Å². The summed E-state index contributed by atoms with van der Waals surface area (Å²) < 4.78 is 0. The third-order valence-corrected chi connectivity index (χ3v) is 3.39. The average Bonchev–Trinajstić information content (AvgIpc) is 2.58. The number of hydrogen-bond acceptors (Lipinski definition) is 2. The van der Waals surface area contributed by atoms with Crippen LogP contribution in [0.1, 0.15) is 64.7 Å². The predicted molar refractivity (Wildman–Crippen MR) is 106 cm³/mol. The molecule has 3 nitrogen and oxygen atoms in total. The zero-order valence-corrected chi connectivity index (χ0v) is 15.4. The van der Waals surface area contributed by atoms with Crippen LogP contribution in [0.5, 0.6) is 0 Å². The SMILES string of the molecule is CC/C=C\C/C=C\C=C/C(=O)C/C=C\C/C=C\CCCCCC(=O)O. The summed E-state index contributed by atoms with van der Waals surface area (Å²) in [5, 5.41) is 8.52. The first kappa shape index (κ1) is 22.8. The van der Waals surface area contributed by atoms with Crippen molar-refractivity contribution >= 4 is 11.8 Å². The largest absolute Gasteiger partial charge is 0.481 e. The van der Waals surface area contributed by atoms with Crippen LogP contribution in [0, 0.1) is 0 Å². The Morgan fingerprint density at radius 1 is 0.800 bits per heavy atom. The minimum Gasteiger partial charge on any atom is -0.481 e. The van der Waals surface area contributed by atoms with Gasteiger partial charge in [0.2, 0.25) is 0 Å². The zero-order valence-electron chi connectivity index (χ0n) is 15.4. The molecule has 0 atom stereocenters. The van der Waals surface area contributed by atoms with Gasteiger partial charge in [0.25, 0.3) is 0 Å². The number of carboxylic acid groups (broad SMARTS) is 1. The maximum atomic E-state index is 11.6. The van der Waals surface area contributed by atoms with Crippen molar-refractivity contribution in [1.82, 2.24) is 0 Å². The highest BCUT2D eigenvalue weighted by atomic mass is 16.4. The number of ketones is 1. The molecule has 3 heteroatoms. The number of unbranched alkanes of at least 4 members (excludes halogenated alkanes) is 3. The monoisotopic (exact) mass is 344 g/mol. The summed E-state index contributed by atoms with van der Waals surface area (Å²) in [7, 11) is 0. The Kier molecular flexibility index (Phi) is 16.6. The molecule has 0 fully saturated rings. The zero-order chi connectivity index (χ0) is 18.6. The Bertz CT molecular complexity index is 493. The molecule has 0 aromatic carbocycles. The average molecular weight is 344 g/mol. The number of allylic oxidation sites excluding steroid dienone is 10. The Hall–Kier alpha value is -2.16. The molecule has 0 rings (SSSR count). The van der Waals surface area contributed by atoms with Crippen LogP contribution in [-0.4, -0.2) is 16.9 Å². The molecule has 0 saturated carbocycles. The van der Waals surface area contributed by atoms with Crippen molar-refractivity contribution in [2.75, 3.05) is 0 Å². The van der Waals surface area contributed by atoms with Gasteiger partial charge >= 0.3 is 5.97 Å². The molecule has 0 aliphatic carbocycles. The highest BCUT2D eigenvalue weighted by Gasteiger charge is 1.94. The van der Waals surface area contributed by atoms with Gasteiger partial charge in [-0.05, 0) is 44.6 Å². The summed E-state index contributed by atoms with van der Waals surface area (Å²) in [6.07, 6.45) is 26.9. The lowest BCUT2D eigenvalue weighted by Crippen LogP contribution is -1.93. The quantitative estimate of drug-likeness (QED) is 0.173. The third-order valence-electron chi connectivity index (χ3n) is 3.39. The van der Waals surface area contributed by atoms with E-state index in [9.17, 15) is 9.59 Å². The lowest BCUT2D eigenvalue weighted by atomic mass is 10.1. The second-order valence-corrected chi connectivity index (χ2v) is 5.74. The van der Waals surface area contributed by atoms with Crippen LogP contribution in [0.25, 0.3) is 0 Å². The van der Waals surface area contributed by atoms with Crippen LogP contribution in [0.15, 0.2) is 60.8 Å². The first-order valence-corrected chi connectivity index (χ1v) is 9.19. The van der Waals surface area contributed by atoms with E-state index in [-0.39, 0.29) is 12.2 Å². The topological polar surface area (TPSA) is 54.4 Å². The lowest BCUT2D eigenvalue weighted by Gasteiger charge is -1.94. The Morgan fingerprint density at radius 3 is 2.28 bits per heavy atom. The van der Waals surface area contributed by atoms with Gasteiger partial charge in [-0.25, -0.2) is 0 Å². The molecule has 0 heterocycles. The fourth-order valence-corrected chi connectivity index (χ4v) is 2.03. The summed E-state index contributed by atoms with van der Waals surface area (Å²) >= 11 is 0. The molecule has 0 radical (unpaired) electrons. The molecule has 25 heavy (non-hydrogen) atoms. The van der Waals surface area contributed by atoms with Crippen LogP contribution in [-0.2, 0) is 9.59 Å². The molecule has 0 bridgehead atoms. The van der Waals surface area contributed by atoms with E-state index in [1.165, 1.54) is 0 Å². The van der Waals surface area contributed by atoms with Crippen molar-refractivity contribution < 1.29 is 14.7 Å². The summed E-state index contributed by atoms with van der Waals surface area (Å²) in [5.41, 5.74) is 0. The Labute approximate surface area is 152 Å². The van der Waals surface area contributed by atoms with Crippen LogP contribution >= 0.6 is 0 Å². The van der Waals surface area contributed by atoms with Crippen molar-refractivity contribution in [3.8, 4) is 0 Å². The summed E-state index contributed by atoms with van der Waals surface area (Å²) in [5.74, 6) is -0.613. The van der Waals surface area contributed by atoms with Crippen LogP contribution in [0.3, 0.4) is 0 Å². The lowest BCUT2D eigenvalue weighted by molar-refractivity contribution is -0.137. The van der Waals surface area contributed by atoms with Gasteiger partial charge in [-0.3, -0.25) is 9.59 Å². The smallest absolute Gasteiger partial charge is 0.303 e. The number of aliphatic carboxylic acids is 1. The molecular formula is C22H32O3. The van der Waals surface area contributed by atoms with Crippen molar-refractivity contribution in [3.63, 3.8) is 0 Å². The predicted octanol–water partition coefficient (Wildman–Crippen LogP) is 5.95. The molecule has 1 N–H and O–H groups in total. The van der Waals surface area contributed by atoms with Crippen LogP contribution in [0.4, 0.5) is 0 Å². The summed E-state index contributed by atoms with van der Waals surface area (Å²) in [6.45, 7) is 2.10. The summed E-state index contributed by atoms with van der Waals surface area (Å²) in [6, 6.07) is 0. The number of hydrogen-bond donors (Lipinski definition) is 1. The van der Waals surface area contributed by atoms with Gasteiger partial charge < -0.3 is 5.11 Å². The van der Waals surface area contributed by atoms with Crippen molar-refractivity contribution in [2.45, 2.75) is 64.7 Å². The van der Waals surface area contributed by atoms with Crippen molar-refractivity contribution in [2.24, 2.45) is 0 Å². The van der Waals surface area contributed by atoms with Gasteiger partial charge in [0.1, 0.15) is 0 Å². The van der Waals surface area contributed by atoms with Gasteiger partial charge in [-0.15, -0.1) is 0 Å². The summed E-state index contributed by atoms with van der Waals surface area (Å²) in [4.78, 5) is 22.0. The molecule has 0 spiro atoms. The van der Waals surface area contributed by atoms with Gasteiger partial charge in [0.15, 0.2) is 5.78 Å². The van der Waals surface area contributed by atoms with E-state index in [0.29, 0.717) is 6.42 Å². The van der Waals surface area contributed by atoms with Gasteiger partial charge in [-0.2, -0.15) is 0 Å². The van der Waals surface area contributed by atoms with Gasteiger partial charge in [0, 0.05) is 12.8 Å². The fourth-order valence-electron chi connectivity index (χ4n) is 2.03. The Balaban J connectivity index is 3.63. The minimum absolute atomic E-state index is 0.104. The molecule has 0 aliphatic rings. The van der Waals surface area contributed by atoms with Gasteiger partial charge in [0.05, 0.1) is 0 Å². The third kappa shape index (κ3) is 19.8. The van der Waals surface area contributed by atoms with Crippen molar-refractivity contribution in [3.05, 3.63) is 60.8 Å². The number of carbonyl (C=O) groups is 2. The van der Waals surface area contributed by atoms with E-state index in [4.69, 9.17) is 5.11 Å². The first-order chi connectivity index (χ1) is 12.2. The standard InChI is InChI=1S/C22H32O3/c1-2-3-4-5-9-12-15-18-21(23)19-16-13-10-7-6-8-11-14-17-20-22(24)25/h3-4,6-7,9,12-13,15-16,18H,2,5,8,10-11,14,17,19-20H2,1H3,(H,24,25)/b4-3-,7-6-,12-9-,16-13-,18-15-. The molecule has 0 amide bonds. The van der Waals surface area contributed by atoms with E-state index in [1.54, 1.807) is 12.2 Å². The number of carboxylic acids is 1. The second-order valence-electron chi connectivity index (χ2n) is 5.74. The highest BCUT2D eigenvalue weighted by Crippen LogP contribution is 2.04. The fraction of sp³-hybridized carbons (Fsp3) is 0.455. The van der Waals surface area contributed by atoms with E-state index < -0.39 is 5.97 Å². The molecule has 0 aromatic heterocycles. The second kappa shape index (κ2) is 18.2. The molecule has 0 unspecified atom stereocenters. The maximum Gasteiger partial charge on any atom is 0.303 e.